The van der Waals surface area contributed by atoms with Crippen LogP contribution in [0.4, 0.5) is 13.2 Å². The maximum absolute atomic E-state index is 12.6. The first-order valence-electron chi connectivity index (χ1n) is 8.19. The number of methoxy groups -OCH3 is 1. The summed E-state index contributed by atoms with van der Waals surface area (Å²) in [5.41, 5.74) is 0.0698. The monoisotopic (exact) mass is 420 g/mol. The van der Waals surface area contributed by atoms with Crippen LogP contribution in [0.3, 0.4) is 0 Å². The highest BCUT2D eigenvalue weighted by atomic mass is 35.5. The second-order valence-corrected chi connectivity index (χ2v) is 6.80. The van der Waals surface area contributed by atoms with Crippen LogP contribution < -0.4 is 15.4 Å². The standard InChI is InChI=1S/C17H20ClF3N4OS/c1-3-22-16(24-9-15-25-14(10-27-15)17(19,20)21)23-7-6-11-4-5-12(26-2)8-13(11)18/h4-5,8,10H,3,6-7,9H2,1-2H3,(H2,22,23,24). The van der Waals surface area contributed by atoms with Gasteiger partial charge in [0.05, 0.1) is 13.7 Å². The Balaban J connectivity index is 1.92. The predicted octanol–water partition coefficient (Wildman–Crippen LogP) is 4.12. The lowest BCUT2D eigenvalue weighted by atomic mass is 10.1. The minimum atomic E-state index is -4.43. The highest BCUT2D eigenvalue weighted by Gasteiger charge is 2.33. The summed E-state index contributed by atoms with van der Waals surface area (Å²) in [5, 5.41) is 8.10. The van der Waals surface area contributed by atoms with Crippen LogP contribution in [0, 0.1) is 0 Å². The average molecular weight is 421 g/mol. The van der Waals surface area contributed by atoms with Gasteiger partial charge in [-0.25, -0.2) is 9.98 Å². The molecule has 148 valence electrons. The van der Waals surface area contributed by atoms with Gasteiger partial charge in [0.15, 0.2) is 11.7 Å². The second kappa shape index (κ2) is 9.80. The Morgan fingerprint density at radius 3 is 2.70 bits per heavy atom. The number of thiazole rings is 1. The van der Waals surface area contributed by atoms with Gasteiger partial charge in [0.2, 0.25) is 0 Å². The molecule has 0 saturated carbocycles. The van der Waals surface area contributed by atoms with Crippen molar-refractivity contribution in [2.24, 2.45) is 4.99 Å². The van der Waals surface area contributed by atoms with Crippen molar-refractivity contribution in [3.8, 4) is 5.75 Å². The molecule has 0 fully saturated rings. The molecule has 2 N–H and O–H groups in total. The molecule has 0 atom stereocenters. The third kappa shape index (κ3) is 6.59. The van der Waals surface area contributed by atoms with Crippen LogP contribution in [0.1, 0.15) is 23.2 Å². The molecule has 0 amide bonds. The van der Waals surface area contributed by atoms with Crippen molar-refractivity contribution in [2.45, 2.75) is 26.1 Å². The molecule has 0 aliphatic carbocycles. The van der Waals surface area contributed by atoms with E-state index in [1.165, 1.54) is 0 Å². The Morgan fingerprint density at radius 2 is 2.11 bits per heavy atom. The van der Waals surface area contributed by atoms with Gasteiger partial charge in [-0.2, -0.15) is 13.2 Å². The van der Waals surface area contributed by atoms with Crippen LogP contribution >= 0.6 is 22.9 Å². The summed E-state index contributed by atoms with van der Waals surface area (Å²) in [6.45, 7) is 3.16. The quantitative estimate of drug-likeness (QED) is 0.522. The number of nitrogens with zero attached hydrogens (tertiary/aromatic N) is 2. The number of ether oxygens (including phenoxy) is 1. The molecule has 1 heterocycles. The zero-order valence-electron chi connectivity index (χ0n) is 14.9. The molecule has 0 aliphatic rings. The fraction of sp³-hybridized carbons (Fsp3) is 0.412. The van der Waals surface area contributed by atoms with Crippen molar-refractivity contribution in [1.29, 1.82) is 0 Å². The summed E-state index contributed by atoms with van der Waals surface area (Å²) in [5.74, 6) is 1.19. The van der Waals surface area contributed by atoms with Crippen molar-refractivity contribution in [2.75, 3.05) is 20.2 Å². The number of alkyl halides is 3. The fourth-order valence-electron chi connectivity index (χ4n) is 2.18. The van der Waals surface area contributed by atoms with Gasteiger partial charge >= 0.3 is 6.18 Å². The first kappa shape index (κ1) is 21.3. The lowest BCUT2D eigenvalue weighted by Crippen LogP contribution is -2.38. The van der Waals surface area contributed by atoms with Crippen molar-refractivity contribution in [3.63, 3.8) is 0 Å². The van der Waals surface area contributed by atoms with E-state index in [0.29, 0.717) is 41.2 Å². The SMILES string of the molecule is CCNC(=NCc1nc(C(F)(F)F)cs1)NCCc1ccc(OC)cc1Cl. The number of nitrogens with one attached hydrogen (secondary N) is 2. The molecule has 0 bridgehead atoms. The van der Waals surface area contributed by atoms with Gasteiger partial charge in [-0.05, 0) is 31.0 Å². The lowest BCUT2D eigenvalue weighted by Gasteiger charge is -2.12. The molecular weight excluding hydrogens is 401 g/mol. The molecule has 0 spiro atoms. The van der Waals surface area contributed by atoms with E-state index in [1.54, 1.807) is 13.2 Å². The van der Waals surface area contributed by atoms with E-state index in [4.69, 9.17) is 16.3 Å². The zero-order valence-corrected chi connectivity index (χ0v) is 16.4. The van der Waals surface area contributed by atoms with Gasteiger partial charge in [-0.1, -0.05) is 17.7 Å². The van der Waals surface area contributed by atoms with Crippen molar-refractivity contribution >= 4 is 28.9 Å². The molecular formula is C17H20ClF3N4OS. The summed E-state index contributed by atoms with van der Waals surface area (Å²) in [6.07, 6.45) is -3.78. The van der Waals surface area contributed by atoms with Gasteiger partial charge in [-0.15, -0.1) is 11.3 Å². The minimum Gasteiger partial charge on any atom is -0.497 e. The third-order valence-corrected chi connectivity index (χ3v) is 4.69. The van der Waals surface area contributed by atoms with E-state index in [2.05, 4.69) is 20.6 Å². The summed E-state index contributed by atoms with van der Waals surface area (Å²) in [6, 6.07) is 5.47. The summed E-state index contributed by atoms with van der Waals surface area (Å²) in [4.78, 5) is 7.85. The first-order chi connectivity index (χ1) is 12.8. The number of benzene rings is 1. The largest absolute Gasteiger partial charge is 0.497 e. The van der Waals surface area contributed by atoms with E-state index >= 15 is 0 Å². The number of halogens is 4. The maximum Gasteiger partial charge on any atom is 0.434 e. The van der Waals surface area contributed by atoms with Crippen LogP contribution in [0.5, 0.6) is 5.75 Å². The highest BCUT2D eigenvalue weighted by Crippen LogP contribution is 2.30. The molecule has 1 aromatic carbocycles. The normalized spacial score (nSPS) is 12.1. The average Bonchev–Trinajstić information content (AvgIpc) is 3.10. The Bertz CT molecular complexity index is 780. The number of guanidine groups is 1. The maximum atomic E-state index is 12.6. The molecule has 5 nitrogen and oxygen atoms in total. The lowest BCUT2D eigenvalue weighted by molar-refractivity contribution is -0.140. The van der Waals surface area contributed by atoms with Crippen molar-refractivity contribution in [1.82, 2.24) is 15.6 Å². The highest BCUT2D eigenvalue weighted by molar-refractivity contribution is 7.09. The Kier molecular flexibility index (Phi) is 7.73. The van der Waals surface area contributed by atoms with Gasteiger partial charge in [0.1, 0.15) is 10.8 Å². The molecule has 27 heavy (non-hydrogen) atoms. The molecule has 0 unspecified atom stereocenters. The van der Waals surface area contributed by atoms with Crippen molar-refractivity contribution < 1.29 is 17.9 Å². The van der Waals surface area contributed by atoms with Gasteiger partial charge in [0.25, 0.3) is 0 Å². The predicted molar refractivity (Wildman–Crippen MR) is 102 cm³/mol. The second-order valence-electron chi connectivity index (χ2n) is 5.45. The number of hydrogen-bond acceptors (Lipinski definition) is 4. The third-order valence-electron chi connectivity index (χ3n) is 3.51. The Morgan fingerprint density at radius 1 is 1.33 bits per heavy atom. The summed E-state index contributed by atoms with van der Waals surface area (Å²) in [7, 11) is 1.58. The van der Waals surface area contributed by atoms with Crippen LogP contribution in [-0.4, -0.2) is 31.1 Å². The van der Waals surface area contributed by atoms with E-state index in [9.17, 15) is 13.2 Å². The van der Waals surface area contributed by atoms with E-state index in [1.807, 2.05) is 19.1 Å². The number of aliphatic imine (C=N–C) groups is 1. The molecule has 10 heteroatoms. The van der Waals surface area contributed by atoms with Crippen LogP contribution in [0.15, 0.2) is 28.6 Å². The molecule has 0 saturated heterocycles. The Hall–Kier alpha value is -2.00. The van der Waals surface area contributed by atoms with Gasteiger partial charge in [-0.3, -0.25) is 0 Å². The van der Waals surface area contributed by atoms with Crippen molar-refractivity contribution in [3.05, 3.63) is 44.9 Å². The van der Waals surface area contributed by atoms with Crippen LogP contribution in [0.2, 0.25) is 5.02 Å². The Labute approximate surface area is 164 Å². The summed E-state index contributed by atoms with van der Waals surface area (Å²) < 4.78 is 42.9. The fourth-order valence-corrected chi connectivity index (χ4v) is 3.16. The minimum absolute atomic E-state index is 0.0688. The number of rotatable bonds is 7. The molecule has 1 aromatic heterocycles. The van der Waals surface area contributed by atoms with E-state index in [0.717, 1.165) is 22.3 Å². The van der Waals surface area contributed by atoms with Gasteiger partial charge < -0.3 is 15.4 Å². The summed E-state index contributed by atoms with van der Waals surface area (Å²) >= 11 is 7.15. The molecule has 2 aromatic rings. The van der Waals surface area contributed by atoms with Crippen LogP contribution in [0.25, 0.3) is 0 Å². The number of aromatic nitrogens is 1. The molecule has 0 aliphatic heterocycles. The van der Waals surface area contributed by atoms with E-state index in [-0.39, 0.29) is 6.54 Å². The zero-order chi connectivity index (χ0) is 19.9. The number of hydrogen-bond donors (Lipinski definition) is 2. The first-order valence-corrected chi connectivity index (χ1v) is 9.45. The smallest absolute Gasteiger partial charge is 0.434 e. The van der Waals surface area contributed by atoms with E-state index < -0.39 is 11.9 Å². The topological polar surface area (TPSA) is 58.5 Å². The van der Waals surface area contributed by atoms with Gasteiger partial charge in [0, 0.05) is 23.5 Å². The molecule has 0 radical (unpaired) electrons. The molecule has 2 rings (SSSR count). The van der Waals surface area contributed by atoms with Crippen LogP contribution in [-0.2, 0) is 19.1 Å².